The van der Waals surface area contributed by atoms with E-state index in [0.29, 0.717) is 19.4 Å². The highest BCUT2D eigenvalue weighted by Gasteiger charge is 2.23. The van der Waals surface area contributed by atoms with Crippen LogP contribution in [0, 0.1) is 0 Å². The molecule has 1 heterocycles. The SMILES string of the molecule is CCn1cc(CC(O)(CC)CN)cn1. The van der Waals surface area contributed by atoms with Crippen molar-refractivity contribution in [2.75, 3.05) is 6.54 Å². The molecule has 1 atom stereocenters. The minimum absolute atomic E-state index is 0.292. The van der Waals surface area contributed by atoms with Crippen LogP contribution >= 0.6 is 0 Å². The van der Waals surface area contributed by atoms with Crippen molar-refractivity contribution in [2.45, 2.75) is 38.8 Å². The Labute approximate surface area is 84.7 Å². The van der Waals surface area contributed by atoms with E-state index in [-0.39, 0.29) is 0 Å². The third-order valence-electron chi connectivity index (χ3n) is 2.58. The van der Waals surface area contributed by atoms with E-state index in [2.05, 4.69) is 5.10 Å². The van der Waals surface area contributed by atoms with Crippen LogP contribution in [0.5, 0.6) is 0 Å². The normalized spacial score (nSPS) is 15.4. The molecule has 4 heteroatoms. The first-order chi connectivity index (χ1) is 6.63. The van der Waals surface area contributed by atoms with E-state index in [1.807, 2.05) is 24.7 Å². The van der Waals surface area contributed by atoms with Gasteiger partial charge >= 0.3 is 0 Å². The molecule has 14 heavy (non-hydrogen) atoms. The van der Waals surface area contributed by atoms with Crippen LogP contribution in [0.4, 0.5) is 0 Å². The maximum absolute atomic E-state index is 10.0. The molecule has 1 unspecified atom stereocenters. The van der Waals surface area contributed by atoms with Gasteiger partial charge in [-0.05, 0) is 18.9 Å². The first kappa shape index (κ1) is 11.2. The topological polar surface area (TPSA) is 64.1 Å². The highest BCUT2D eigenvalue weighted by Crippen LogP contribution is 2.15. The van der Waals surface area contributed by atoms with Gasteiger partial charge in [0.05, 0.1) is 11.8 Å². The summed E-state index contributed by atoms with van der Waals surface area (Å²) in [7, 11) is 0. The van der Waals surface area contributed by atoms with Gasteiger partial charge in [0.15, 0.2) is 0 Å². The Morgan fingerprint density at radius 1 is 1.57 bits per heavy atom. The third kappa shape index (κ3) is 2.56. The largest absolute Gasteiger partial charge is 0.388 e. The lowest BCUT2D eigenvalue weighted by Crippen LogP contribution is -2.39. The molecule has 0 spiro atoms. The van der Waals surface area contributed by atoms with E-state index in [9.17, 15) is 5.11 Å². The van der Waals surface area contributed by atoms with E-state index >= 15 is 0 Å². The van der Waals surface area contributed by atoms with E-state index < -0.39 is 5.60 Å². The van der Waals surface area contributed by atoms with Gasteiger partial charge in [-0.25, -0.2) is 0 Å². The summed E-state index contributed by atoms with van der Waals surface area (Å²) in [5.74, 6) is 0. The van der Waals surface area contributed by atoms with Crippen molar-refractivity contribution in [1.29, 1.82) is 0 Å². The maximum Gasteiger partial charge on any atom is 0.0808 e. The molecular formula is C10H19N3O. The number of aryl methyl sites for hydroxylation is 1. The van der Waals surface area contributed by atoms with Gasteiger partial charge in [-0.1, -0.05) is 6.92 Å². The minimum Gasteiger partial charge on any atom is -0.388 e. The quantitative estimate of drug-likeness (QED) is 0.724. The summed E-state index contributed by atoms with van der Waals surface area (Å²) >= 11 is 0. The fourth-order valence-corrected chi connectivity index (χ4v) is 1.39. The lowest BCUT2D eigenvalue weighted by atomic mass is 9.94. The van der Waals surface area contributed by atoms with Crippen LogP contribution in [0.3, 0.4) is 0 Å². The van der Waals surface area contributed by atoms with Crippen LogP contribution in [-0.2, 0) is 13.0 Å². The second-order valence-electron chi connectivity index (χ2n) is 3.66. The number of rotatable bonds is 5. The first-order valence-corrected chi connectivity index (χ1v) is 5.07. The van der Waals surface area contributed by atoms with Crippen LogP contribution in [-0.4, -0.2) is 27.0 Å². The molecule has 1 aromatic heterocycles. The number of nitrogens with two attached hydrogens (primary N) is 1. The molecule has 0 bridgehead atoms. The molecular weight excluding hydrogens is 178 g/mol. The summed E-state index contributed by atoms with van der Waals surface area (Å²) < 4.78 is 1.85. The summed E-state index contributed by atoms with van der Waals surface area (Å²) in [5.41, 5.74) is 5.79. The van der Waals surface area contributed by atoms with Crippen molar-refractivity contribution in [2.24, 2.45) is 5.73 Å². The smallest absolute Gasteiger partial charge is 0.0808 e. The minimum atomic E-state index is -0.776. The van der Waals surface area contributed by atoms with E-state index in [1.165, 1.54) is 0 Å². The molecule has 80 valence electrons. The van der Waals surface area contributed by atoms with Crippen molar-refractivity contribution in [3.63, 3.8) is 0 Å². The van der Waals surface area contributed by atoms with Crippen molar-refractivity contribution in [3.05, 3.63) is 18.0 Å². The maximum atomic E-state index is 10.0. The Hall–Kier alpha value is -0.870. The summed E-state index contributed by atoms with van der Waals surface area (Å²) in [6, 6.07) is 0. The molecule has 0 saturated carbocycles. The Bertz CT molecular complexity index is 279. The van der Waals surface area contributed by atoms with Crippen LogP contribution < -0.4 is 5.73 Å². The fourth-order valence-electron chi connectivity index (χ4n) is 1.39. The third-order valence-corrected chi connectivity index (χ3v) is 2.58. The summed E-state index contributed by atoms with van der Waals surface area (Å²) in [6.07, 6.45) is 5.00. The van der Waals surface area contributed by atoms with Crippen LogP contribution in [0.15, 0.2) is 12.4 Å². The fraction of sp³-hybridized carbons (Fsp3) is 0.700. The molecule has 0 aliphatic heterocycles. The lowest BCUT2D eigenvalue weighted by Gasteiger charge is -2.23. The summed E-state index contributed by atoms with van der Waals surface area (Å²) in [4.78, 5) is 0. The van der Waals surface area contributed by atoms with E-state index in [4.69, 9.17) is 5.73 Å². The van der Waals surface area contributed by atoms with E-state index in [0.717, 1.165) is 12.1 Å². The Morgan fingerprint density at radius 2 is 2.29 bits per heavy atom. The molecule has 0 fully saturated rings. The second kappa shape index (κ2) is 4.57. The Morgan fingerprint density at radius 3 is 2.71 bits per heavy atom. The highest BCUT2D eigenvalue weighted by molar-refractivity contribution is 5.08. The van der Waals surface area contributed by atoms with Crippen LogP contribution in [0.1, 0.15) is 25.8 Å². The van der Waals surface area contributed by atoms with Crippen LogP contribution in [0.25, 0.3) is 0 Å². The Kier molecular flexibility index (Phi) is 3.66. The van der Waals surface area contributed by atoms with Crippen molar-refractivity contribution >= 4 is 0 Å². The van der Waals surface area contributed by atoms with Gasteiger partial charge in [-0.3, -0.25) is 4.68 Å². The summed E-state index contributed by atoms with van der Waals surface area (Å²) in [5, 5.41) is 14.2. The molecule has 0 amide bonds. The number of aliphatic hydroxyl groups is 1. The zero-order chi connectivity index (χ0) is 10.6. The van der Waals surface area contributed by atoms with Gasteiger partial charge < -0.3 is 10.8 Å². The molecule has 4 nitrogen and oxygen atoms in total. The number of nitrogens with zero attached hydrogens (tertiary/aromatic N) is 2. The molecule has 1 aromatic rings. The molecule has 0 aliphatic carbocycles. The standard InChI is InChI=1S/C10H19N3O/c1-3-10(14,8-11)5-9-6-12-13(4-2)7-9/h6-7,14H,3-5,8,11H2,1-2H3. The molecule has 1 rings (SSSR count). The molecule has 0 saturated heterocycles. The molecule has 0 aromatic carbocycles. The van der Waals surface area contributed by atoms with Gasteiger partial charge in [0, 0.05) is 25.7 Å². The van der Waals surface area contributed by atoms with E-state index in [1.54, 1.807) is 6.20 Å². The zero-order valence-corrected chi connectivity index (χ0v) is 8.90. The lowest BCUT2D eigenvalue weighted by molar-refractivity contribution is 0.0456. The predicted octanol–water partition coefficient (Wildman–Crippen LogP) is 0.545. The zero-order valence-electron chi connectivity index (χ0n) is 8.90. The first-order valence-electron chi connectivity index (χ1n) is 5.07. The second-order valence-corrected chi connectivity index (χ2v) is 3.66. The van der Waals surface area contributed by atoms with Gasteiger partial charge in [0.25, 0.3) is 0 Å². The van der Waals surface area contributed by atoms with Crippen LogP contribution in [0.2, 0.25) is 0 Å². The van der Waals surface area contributed by atoms with Gasteiger partial charge in [-0.2, -0.15) is 5.10 Å². The van der Waals surface area contributed by atoms with Gasteiger partial charge in [-0.15, -0.1) is 0 Å². The number of aromatic nitrogens is 2. The van der Waals surface area contributed by atoms with Crippen molar-refractivity contribution in [1.82, 2.24) is 9.78 Å². The summed E-state index contributed by atoms with van der Waals surface area (Å²) in [6.45, 7) is 5.12. The van der Waals surface area contributed by atoms with Crippen molar-refractivity contribution in [3.8, 4) is 0 Å². The van der Waals surface area contributed by atoms with Crippen molar-refractivity contribution < 1.29 is 5.11 Å². The monoisotopic (exact) mass is 197 g/mol. The number of hydrogen-bond donors (Lipinski definition) is 2. The molecule has 0 radical (unpaired) electrons. The van der Waals surface area contributed by atoms with Gasteiger partial charge in [0.1, 0.15) is 0 Å². The Balaban J connectivity index is 2.67. The molecule has 0 aliphatic rings. The average Bonchev–Trinajstić information content (AvgIpc) is 2.65. The number of hydrogen-bond acceptors (Lipinski definition) is 3. The van der Waals surface area contributed by atoms with Gasteiger partial charge in [0.2, 0.25) is 0 Å². The average molecular weight is 197 g/mol. The predicted molar refractivity (Wildman–Crippen MR) is 55.9 cm³/mol. The highest BCUT2D eigenvalue weighted by atomic mass is 16.3. The molecule has 3 N–H and O–H groups in total.